The van der Waals surface area contributed by atoms with Gasteiger partial charge in [0, 0.05) is 38.3 Å². The van der Waals surface area contributed by atoms with Gasteiger partial charge in [-0.15, -0.1) is 0 Å². The van der Waals surface area contributed by atoms with Gasteiger partial charge in [0.1, 0.15) is 5.75 Å². The number of benzene rings is 1. The summed E-state index contributed by atoms with van der Waals surface area (Å²) < 4.78 is 24.1. The van der Waals surface area contributed by atoms with E-state index < -0.39 is 11.1 Å². The van der Waals surface area contributed by atoms with E-state index in [2.05, 4.69) is 10.1 Å². The summed E-state index contributed by atoms with van der Waals surface area (Å²) >= 11 is -1.94. The molecule has 2 aromatic rings. The van der Waals surface area contributed by atoms with Crippen molar-refractivity contribution in [3.8, 4) is 11.5 Å². The standard InChI is InChI=1S/C9H8N2O3S.Y/c12-15(13)6-8-10-9(14-11-8)7-4-2-1-3-5-7;/h1-5H,6H2,(H,12,13);. The Bertz CT molecular complexity index is 475. The van der Waals surface area contributed by atoms with Crippen LogP contribution in [0, 0.1) is 0 Å². The molecule has 1 radical (unpaired) electrons. The van der Waals surface area contributed by atoms with Gasteiger partial charge in [0.2, 0.25) is 0 Å². The first-order chi connectivity index (χ1) is 7.25. The van der Waals surface area contributed by atoms with Crippen molar-refractivity contribution in [2.75, 3.05) is 0 Å². The Kier molecular flexibility index (Phi) is 5.41. The number of rotatable bonds is 3. The normalized spacial score (nSPS) is 11.8. The molecule has 0 amide bonds. The molecule has 1 aromatic carbocycles. The maximum atomic E-state index is 10.5. The predicted octanol–water partition coefficient (Wildman–Crippen LogP) is 1.46. The molecule has 0 aliphatic heterocycles. The van der Waals surface area contributed by atoms with Gasteiger partial charge in [0.25, 0.3) is 5.89 Å². The van der Waals surface area contributed by atoms with Crippen LogP contribution in [0.4, 0.5) is 0 Å². The third-order valence-electron chi connectivity index (χ3n) is 1.74. The summed E-state index contributed by atoms with van der Waals surface area (Å²) in [4.78, 5) is 3.99. The predicted molar refractivity (Wildman–Crippen MR) is 54.2 cm³/mol. The van der Waals surface area contributed by atoms with Crippen molar-refractivity contribution in [2.45, 2.75) is 5.75 Å². The Hall–Kier alpha value is -0.426. The Balaban J connectivity index is 0.00000128. The summed E-state index contributed by atoms with van der Waals surface area (Å²) in [7, 11) is 0. The van der Waals surface area contributed by atoms with Crippen molar-refractivity contribution in [1.29, 1.82) is 0 Å². The van der Waals surface area contributed by atoms with Crippen molar-refractivity contribution in [3.05, 3.63) is 36.2 Å². The Morgan fingerprint density at radius 1 is 1.31 bits per heavy atom. The molecule has 1 atom stereocenters. The summed E-state index contributed by atoms with van der Waals surface area (Å²) in [6.45, 7) is 0. The van der Waals surface area contributed by atoms with Crippen molar-refractivity contribution in [2.24, 2.45) is 0 Å². The fraction of sp³-hybridized carbons (Fsp3) is 0.111. The summed E-state index contributed by atoms with van der Waals surface area (Å²) in [6, 6.07) is 9.23. The number of aromatic nitrogens is 2. The van der Waals surface area contributed by atoms with E-state index in [1.54, 1.807) is 0 Å². The van der Waals surface area contributed by atoms with E-state index in [9.17, 15) is 4.21 Å². The molecule has 0 bridgehead atoms. The van der Waals surface area contributed by atoms with Crippen LogP contribution in [0.3, 0.4) is 0 Å². The van der Waals surface area contributed by atoms with Gasteiger partial charge >= 0.3 is 0 Å². The fourth-order valence-electron chi connectivity index (χ4n) is 1.12. The first kappa shape index (κ1) is 13.6. The van der Waals surface area contributed by atoms with Crippen LogP contribution in [0.5, 0.6) is 0 Å². The summed E-state index contributed by atoms with van der Waals surface area (Å²) in [5, 5.41) is 3.59. The zero-order chi connectivity index (χ0) is 10.7. The van der Waals surface area contributed by atoms with Crippen LogP contribution in [0.2, 0.25) is 0 Å². The van der Waals surface area contributed by atoms with E-state index in [0.29, 0.717) is 5.89 Å². The van der Waals surface area contributed by atoms with Crippen LogP contribution in [-0.2, 0) is 49.5 Å². The van der Waals surface area contributed by atoms with Crippen molar-refractivity contribution < 1.29 is 46.0 Å². The molecule has 7 heteroatoms. The van der Waals surface area contributed by atoms with Crippen LogP contribution in [0.15, 0.2) is 34.9 Å². The van der Waals surface area contributed by atoms with Gasteiger partial charge < -0.3 is 9.08 Å². The van der Waals surface area contributed by atoms with Gasteiger partial charge in [-0.05, 0) is 12.1 Å². The maximum Gasteiger partial charge on any atom is 0.257 e. The average molecular weight is 313 g/mol. The molecule has 0 aliphatic carbocycles. The molecular weight excluding hydrogens is 305 g/mol. The molecule has 5 nitrogen and oxygen atoms in total. The van der Waals surface area contributed by atoms with E-state index in [1.807, 2.05) is 30.3 Å². The maximum absolute atomic E-state index is 10.5. The van der Waals surface area contributed by atoms with Crippen LogP contribution < -0.4 is 0 Å². The molecule has 2 rings (SSSR count). The molecule has 1 unspecified atom stereocenters. The quantitative estimate of drug-likeness (QED) is 0.868. The molecule has 0 saturated heterocycles. The van der Waals surface area contributed by atoms with E-state index in [4.69, 9.17) is 9.08 Å². The van der Waals surface area contributed by atoms with Crippen LogP contribution in [-0.4, -0.2) is 18.9 Å². The fourth-order valence-corrected chi connectivity index (χ4v) is 1.46. The minimum absolute atomic E-state index is 0. The van der Waals surface area contributed by atoms with Gasteiger partial charge in [0.05, 0.1) is 0 Å². The van der Waals surface area contributed by atoms with Gasteiger partial charge in [-0.25, -0.2) is 4.21 Å². The topological polar surface area (TPSA) is 76.2 Å². The van der Waals surface area contributed by atoms with Gasteiger partial charge in [-0.1, -0.05) is 23.4 Å². The van der Waals surface area contributed by atoms with Gasteiger partial charge in [-0.2, -0.15) is 4.98 Å². The van der Waals surface area contributed by atoms with E-state index in [0.717, 1.165) is 5.56 Å². The van der Waals surface area contributed by atoms with Crippen molar-refractivity contribution in [1.82, 2.24) is 10.1 Å². The molecule has 0 fully saturated rings. The molecule has 81 valence electrons. The van der Waals surface area contributed by atoms with Gasteiger partial charge in [-0.3, -0.25) is 0 Å². The molecular formula is C9H8N2O3SY. The van der Waals surface area contributed by atoms with E-state index in [-0.39, 0.29) is 44.3 Å². The third kappa shape index (κ3) is 3.55. The van der Waals surface area contributed by atoms with E-state index >= 15 is 0 Å². The Labute approximate surface area is 120 Å². The second kappa shape index (κ2) is 6.34. The number of nitrogens with zero attached hydrogens (tertiary/aromatic N) is 2. The van der Waals surface area contributed by atoms with Crippen molar-refractivity contribution >= 4 is 11.1 Å². The third-order valence-corrected chi connectivity index (χ3v) is 2.25. The van der Waals surface area contributed by atoms with Gasteiger partial charge in [0.15, 0.2) is 16.9 Å². The minimum Gasteiger partial charge on any atom is -0.334 e. The second-order valence-electron chi connectivity index (χ2n) is 2.85. The minimum atomic E-state index is -1.94. The summed E-state index contributed by atoms with van der Waals surface area (Å²) in [5.74, 6) is 0.474. The van der Waals surface area contributed by atoms with E-state index in [1.165, 1.54) is 0 Å². The van der Waals surface area contributed by atoms with Crippen molar-refractivity contribution in [3.63, 3.8) is 0 Å². The number of hydrogen-bond acceptors (Lipinski definition) is 4. The van der Waals surface area contributed by atoms with Crippen LogP contribution in [0.1, 0.15) is 5.82 Å². The SMILES string of the molecule is O=S(O)Cc1noc(-c2ccccc2)n1.[Y]. The molecule has 1 heterocycles. The zero-order valence-electron chi connectivity index (χ0n) is 8.24. The monoisotopic (exact) mass is 313 g/mol. The molecule has 0 spiro atoms. The first-order valence-corrected chi connectivity index (χ1v) is 5.49. The van der Waals surface area contributed by atoms with Crippen LogP contribution in [0.25, 0.3) is 11.5 Å². The Morgan fingerprint density at radius 3 is 2.62 bits per heavy atom. The molecule has 0 saturated carbocycles. The second-order valence-corrected chi connectivity index (χ2v) is 3.78. The molecule has 1 N–H and O–H groups in total. The molecule has 16 heavy (non-hydrogen) atoms. The molecule has 0 aliphatic rings. The average Bonchev–Trinajstić information content (AvgIpc) is 2.67. The van der Waals surface area contributed by atoms with Crippen LogP contribution >= 0.6 is 0 Å². The largest absolute Gasteiger partial charge is 0.334 e. The summed E-state index contributed by atoms with van der Waals surface area (Å²) in [5.41, 5.74) is 0.792. The smallest absolute Gasteiger partial charge is 0.257 e. The Morgan fingerprint density at radius 2 is 2.00 bits per heavy atom. The molecule has 1 aromatic heterocycles. The first-order valence-electron chi connectivity index (χ1n) is 4.21. The zero-order valence-corrected chi connectivity index (χ0v) is 11.9. The number of hydrogen-bond donors (Lipinski definition) is 1. The summed E-state index contributed by atoms with van der Waals surface area (Å²) in [6.07, 6.45) is 0.